The van der Waals surface area contributed by atoms with Crippen LogP contribution < -0.4 is 15.4 Å². The number of imidazole rings is 1. The summed E-state index contributed by atoms with van der Waals surface area (Å²) in [6, 6.07) is 12.4. The topological polar surface area (TPSA) is 129 Å². The standard InChI is InChI=1S/C23H22N4O6S/c1-27-12-11-24-23(27)34-14-20(29)25-18-6-4-3-5-17(18)22(31)33-13-19(28)26-21(30)15-7-9-16(32-2)10-8-15/h3-12H,13-14H2,1-2H3,(H,25,29)(H,26,28,30). The Morgan fingerprint density at radius 1 is 1.03 bits per heavy atom. The fourth-order valence-corrected chi connectivity index (χ4v) is 3.50. The summed E-state index contributed by atoms with van der Waals surface area (Å²) in [7, 11) is 3.32. The molecule has 0 saturated heterocycles. The molecule has 0 unspecified atom stereocenters. The molecule has 0 saturated carbocycles. The van der Waals surface area contributed by atoms with Crippen molar-refractivity contribution in [2.75, 3.05) is 24.8 Å². The van der Waals surface area contributed by atoms with Gasteiger partial charge in [0.2, 0.25) is 5.91 Å². The van der Waals surface area contributed by atoms with E-state index in [1.807, 2.05) is 7.05 Å². The molecule has 2 N–H and O–H groups in total. The van der Waals surface area contributed by atoms with Crippen LogP contribution in [0.1, 0.15) is 20.7 Å². The highest BCUT2D eigenvalue weighted by molar-refractivity contribution is 7.99. The van der Waals surface area contributed by atoms with Gasteiger partial charge in [0.15, 0.2) is 11.8 Å². The van der Waals surface area contributed by atoms with Crippen LogP contribution in [-0.2, 0) is 21.4 Å². The molecule has 0 aliphatic heterocycles. The molecule has 3 rings (SSSR count). The van der Waals surface area contributed by atoms with E-state index in [-0.39, 0.29) is 28.5 Å². The smallest absolute Gasteiger partial charge is 0.340 e. The van der Waals surface area contributed by atoms with Gasteiger partial charge in [0.1, 0.15) is 5.75 Å². The van der Waals surface area contributed by atoms with Crippen molar-refractivity contribution in [1.82, 2.24) is 14.9 Å². The Kier molecular flexibility index (Phi) is 8.41. The zero-order valence-corrected chi connectivity index (χ0v) is 19.3. The highest BCUT2D eigenvalue weighted by Crippen LogP contribution is 2.19. The highest BCUT2D eigenvalue weighted by Gasteiger charge is 2.17. The Hall–Kier alpha value is -4.12. The highest BCUT2D eigenvalue weighted by atomic mass is 32.2. The normalized spacial score (nSPS) is 10.3. The van der Waals surface area contributed by atoms with E-state index in [0.717, 1.165) is 0 Å². The molecule has 0 bridgehead atoms. The van der Waals surface area contributed by atoms with E-state index < -0.39 is 24.4 Å². The van der Waals surface area contributed by atoms with Gasteiger partial charge >= 0.3 is 5.97 Å². The van der Waals surface area contributed by atoms with Crippen molar-refractivity contribution in [3.8, 4) is 5.75 Å². The number of aryl methyl sites for hydroxylation is 1. The van der Waals surface area contributed by atoms with Gasteiger partial charge in [-0.05, 0) is 36.4 Å². The molecule has 11 heteroatoms. The van der Waals surface area contributed by atoms with Crippen molar-refractivity contribution in [3.05, 3.63) is 72.1 Å². The van der Waals surface area contributed by atoms with Crippen molar-refractivity contribution < 1.29 is 28.7 Å². The summed E-state index contributed by atoms with van der Waals surface area (Å²) in [5.74, 6) is -1.93. The number of hydrogen-bond acceptors (Lipinski definition) is 8. The van der Waals surface area contributed by atoms with E-state index in [0.29, 0.717) is 10.9 Å². The van der Waals surface area contributed by atoms with Crippen LogP contribution in [0.15, 0.2) is 66.1 Å². The predicted molar refractivity (Wildman–Crippen MR) is 125 cm³/mol. The fourth-order valence-electron chi connectivity index (χ4n) is 2.76. The number of amides is 3. The Morgan fingerprint density at radius 3 is 2.44 bits per heavy atom. The first-order valence-corrected chi connectivity index (χ1v) is 11.0. The molecule has 0 aliphatic rings. The van der Waals surface area contributed by atoms with Gasteiger partial charge in [-0.3, -0.25) is 19.7 Å². The van der Waals surface area contributed by atoms with Gasteiger partial charge in [0.25, 0.3) is 11.8 Å². The van der Waals surface area contributed by atoms with E-state index in [1.165, 1.54) is 37.1 Å². The molecular weight excluding hydrogens is 460 g/mol. The molecule has 0 radical (unpaired) electrons. The first-order valence-electron chi connectivity index (χ1n) is 10.0. The van der Waals surface area contributed by atoms with Crippen molar-refractivity contribution in [3.63, 3.8) is 0 Å². The second kappa shape index (κ2) is 11.7. The summed E-state index contributed by atoms with van der Waals surface area (Å²) in [4.78, 5) is 53.2. The Balaban J connectivity index is 1.52. The maximum absolute atomic E-state index is 12.5. The SMILES string of the molecule is COc1ccc(C(=O)NC(=O)COC(=O)c2ccccc2NC(=O)CSc2nccn2C)cc1. The van der Waals surface area contributed by atoms with Crippen molar-refractivity contribution >= 4 is 41.1 Å². The number of thioether (sulfide) groups is 1. The number of imide groups is 1. The molecule has 176 valence electrons. The lowest BCUT2D eigenvalue weighted by molar-refractivity contribution is -0.123. The van der Waals surface area contributed by atoms with Gasteiger partial charge in [-0.2, -0.15) is 0 Å². The number of methoxy groups -OCH3 is 1. The molecule has 0 spiro atoms. The number of ether oxygens (including phenoxy) is 2. The molecule has 10 nitrogen and oxygen atoms in total. The molecule has 0 aliphatic carbocycles. The summed E-state index contributed by atoms with van der Waals surface area (Å²) >= 11 is 1.25. The minimum atomic E-state index is -0.820. The van der Waals surface area contributed by atoms with Gasteiger partial charge in [0.05, 0.1) is 24.1 Å². The lowest BCUT2D eigenvalue weighted by atomic mass is 10.2. The maximum Gasteiger partial charge on any atom is 0.340 e. The van der Waals surface area contributed by atoms with Crippen LogP contribution in [0.5, 0.6) is 5.75 Å². The summed E-state index contributed by atoms with van der Waals surface area (Å²) < 4.78 is 11.8. The Bertz CT molecular complexity index is 1190. The van der Waals surface area contributed by atoms with E-state index >= 15 is 0 Å². The minimum Gasteiger partial charge on any atom is -0.497 e. The third-order valence-electron chi connectivity index (χ3n) is 4.47. The molecule has 1 heterocycles. The molecule has 0 fully saturated rings. The summed E-state index contributed by atoms with van der Waals surface area (Å²) in [6.07, 6.45) is 3.40. The van der Waals surface area contributed by atoms with E-state index in [1.54, 1.807) is 47.3 Å². The number of nitrogens with zero attached hydrogens (tertiary/aromatic N) is 2. The van der Waals surface area contributed by atoms with Crippen LogP contribution >= 0.6 is 11.8 Å². The number of aromatic nitrogens is 2. The number of carbonyl (C=O) groups is 4. The largest absolute Gasteiger partial charge is 0.497 e. The number of carbonyl (C=O) groups excluding carboxylic acids is 4. The Labute approximate surface area is 199 Å². The predicted octanol–water partition coefficient (Wildman–Crippen LogP) is 2.27. The van der Waals surface area contributed by atoms with E-state index in [2.05, 4.69) is 15.6 Å². The Morgan fingerprint density at radius 2 is 1.76 bits per heavy atom. The number of rotatable bonds is 9. The van der Waals surface area contributed by atoms with Crippen molar-refractivity contribution in [2.24, 2.45) is 7.05 Å². The van der Waals surface area contributed by atoms with Crippen LogP contribution in [0.25, 0.3) is 0 Å². The van der Waals surface area contributed by atoms with Crippen LogP contribution in [-0.4, -0.2) is 52.7 Å². The number of hydrogen-bond donors (Lipinski definition) is 2. The van der Waals surface area contributed by atoms with Crippen LogP contribution in [0.4, 0.5) is 5.69 Å². The molecule has 2 aromatic carbocycles. The molecular formula is C23H22N4O6S. The lowest BCUT2D eigenvalue weighted by Crippen LogP contribution is -2.34. The third kappa shape index (κ3) is 6.69. The zero-order chi connectivity index (χ0) is 24.5. The maximum atomic E-state index is 12.5. The van der Waals surface area contributed by atoms with E-state index in [9.17, 15) is 19.2 Å². The summed E-state index contributed by atoms with van der Waals surface area (Å²) in [6.45, 7) is -0.669. The van der Waals surface area contributed by atoms with Crippen LogP contribution in [0.2, 0.25) is 0 Å². The number of benzene rings is 2. The lowest BCUT2D eigenvalue weighted by Gasteiger charge is -2.11. The summed E-state index contributed by atoms with van der Waals surface area (Å²) in [5.41, 5.74) is 0.566. The van der Waals surface area contributed by atoms with Crippen molar-refractivity contribution in [2.45, 2.75) is 5.16 Å². The van der Waals surface area contributed by atoms with Gasteiger partial charge < -0.3 is 19.4 Å². The molecule has 1 aromatic heterocycles. The first kappa shape index (κ1) is 24.5. The number of esters is 1. The quantitative estimate of drug-likeness (QED) is 0.351. The van der Waals surface area contributed by atoms with Gasteiger partial charge in [-0.15, -0.1) is 0 Å². The number of nitrogens with one attached hydrogen (secondary N) is 2. The van der Waals surface area contributed by atoms with E-state index in [4.69, 9.17) is 9.47 Å². The third-order valence-corrected chi connectivity index (χ3v) is 5.53. The fraction of sp³-hybridized carbons (Fsp3) is 0.174. The zero-order valence-electron chi connectivity index (χ0n) is 18.4. The minimum absolute atomic E-state index is 0.0760. The van der Waals surface area contributed by atoms with Crippen molar-refractivity contribution in [1.29, 1.82) is 0 Å². The molecule has 3 aromatic rings. The summed E-state index contributed by atoms with van der Waals surface area (Å²) in [5, 5.41) is 5.49. The monoisotopic (exact) mass is 482 g/mol. The number of anilines is 1. The average Bonchev–Trinajstić information content (AvgIpc) is 3.26. The van der Waals surface area contributed by atoms with Crippen LogP contribution in [0.3, 0.4) is 0 Å². The average molecular weight is 483 g/mol. The second-order valence-electron chi connectivity index (χ2n) is 6.89. The van der Waals surface area contributed by atoms with Crippen LogP contribution in [0, 0.1) is 0 Å². The van der Waals surface area contributed by atoms with Gasteiger partial charge in [-0.25, -0.2) is 9.78 Å². The van der Waals surface area contributed by atoms with Gasteiger partial charge in [-0.1, -0.05) is 23.9 Å². The second-order valence-corrected chi connectivity index (χ2v) is 7.83. The molecule has 0 atom stereocenters. The molecule has 34 heavy (non-hydrogen) atoms. The first-order chi connectivity index (χ1) is 16.4. The van der Waals surface area contributed by atoms with Gasteiger partial charge in [0, 0.05) is 25.0 Å². The molecule has 3 amide bonds. The number of para-hydroxylation sites is 1.